The molecule has 13 heteroatoms. The maximum atomic E-state index is 16.0. The average Bonchev–Trinajstić information content (AvgIpc) is 3.78. The van der Waals surface area contributed by atoms with Crippen molar-refractivity contribution in [1.82, 2.24) is 29.2 Å². The molecule has 7 rings (SSSR count). The quantitative estimate of drug-likeness (QED) is 0.131. The third-order valence-corrected chi connectivity index (χ3v) is 9.37. The van der Waals surface area contributed by atoms with Crippen LogP contribution in [-0.2, 0) is 23.1 Å². The number of amides is 1. The molecule has 1 aliphatic heterocycles. The van der Waals surface area contributed by atoms with E-state index in [1.807, 2.05) is 35.2 Å². The number of rotatable bonds is 8. The predicted molar refractivity (Wildman–Crippen MR) is 174 cm³/mol. The number of aromatic nitrogens is 5. The number of methoxy groups -OCH3 is 1. The number of ether oxygens (including phenoxy) is 2. The van der Waals surface area contributed by atoms with Crippen molar-refractivity contribution in [3.8, 4) is 39.5 Å². The van der Waals surface area contributed by atoms with E-state index in [0.29, 0.717) is 56.9 Å². The van der Waals surface area contributed by atoms with Crippen molar-refractivity contribution in [2.45, 2.75) is 19.5 Å². The molecule has 0 N–H and O–H groups in total. The van der Waals surface area contributed by atoms with Gasteiger partial charge in [-0.05, 0) is 36.6 Å². The molecule has 1 aromatic carbocycles. The first-order valence-corrected chi connectivity index (χ1v) is 15.7. The smallest absolute Gasteiger partial charge is 0.246 e. The molecule has 0 saturated heterocycles. The summed E-state index contributed by atoms with van der Waals surface area (Å²) in [6.45, 7) is 6.66. The number of pyridine rings is 2. The Morgan fingerprint density at radius 2 is 1.94 bits per heavy atom. The molecule has 9 nitrogen and oxygen atoms in total. The second-order valence-corrected chi connectivity index (χ2v) is 12.1. The van der Waals surface area contributed by atoms with E-state index in [0.717, 1.165) is 17.8 Å². The highest BCUT2D eigenvalue weighted by atomic mass is 32.1. The molecule has 0 saturated carbocycles. The molecule has 6 aromatic rings. The number of aryl methyl sites for hydroxylation is 1. The van der Waals surface area contributed by atoms with Crippen LogP contribution in [0.4, 0.5) is 13.2 Å². The Morgan fingerprint density at radius 1 is 1.11 bits per heavy atom. The van der Waals surface area contributed by atoms with Gasteiger partial charge in [0, 0.05) is 66.4 Å². The second-order valence-electron chi connectivity index (χ2n) is 11.2. The van der Waals surface area contributed by atoms with Crippen LogP contribution in [0.2, 0.25) is 0 Å². The summed E-state index contributed by atoms with van der Waals surface area (Å²) >= 11 is 1.37. The summed E-state index contributed by atoms with van der Waals surface area (Å²) in [5.74, 6) is -2.26. The molecular formula is C34H29F3N6O3S. The van der Waals surface area contributed by atoms with Gasteiger partial charge in [0.25, 0.3) is 0 Å². The van der Waals surface area contributed by atoms with Crippen LogP contribution < -0.4 is 4.74 Å². The molecule has 0 spiro atoms. The predicted octanol–water partition coefficient (Wildman–Crippen LogP) is 6.91. The standard InChI is InChI=1S/C34H29F3N6O3S/c1-5-28(44)42-7-8-43-25(18(42)2)15-24(40-43)33-30(29-22(36)13-20(35)14-27(29)46-10-9-45-4)34-21(6-11-47-34)31(39-33)19-12-26-32(38-16-19)23(37)17-41(26)3/h5-6,11-18H,1,7-10H2,2-4H3/t18-/m1/s1. The van der Waals surface area contributed by atoms with Gasteiger partial charge < -0.3 is 18.9 Å². The number of thiophene rings is 1. The molecule has 0 aliphatic carbocycles. The minimum absolute atomic E-state index is 0.00693. The number of benzene rings is 1. The number of halogens is 3. The van der Waals surface area contributed by atoms with Crippen molar-refractivity contribution in [3.05, 3.63) is 83.9 Å². The number of nitrogens with zero attached hydrogens (tertiary/aromatic N) is 6. The van der Waals surface area contributed by atoms with Crippen LogP contribution in [0.1, 0.15) is 18.7 Å². The molecule has 240 valence electrons. The Bertz CT molecular complexity index is 2210. The number of carbonyl (C=O) groups excluding carboxylic acids is 1. The van der Waals surface area contributed by atoms with Gasteiger partial charge in [0.05, 0.1) is 41.7 Å². The highest BCUT2D eigenvalue weighted by Gasteiger charge is 2.31. The van der Waals surface area contributed by atoms with E-state index in [-0.39, 0.29) is 42.0 Å². The monoisotopic (exact) mass is 658 g/mol. The largest absolute Gasteiger partial charge is 0.490 e. The Labute approximate surface area is 271 Å². The third-order valence-electron chi connectivity index (χ3n) is 8.44. The highest BCUT2D eigenvalue weighted by Crippen LogP contribution is 2.47. The molecule has 0 fully saturated rings. The zero-order chi connectivity index (χ0) is 33.0. The van der Waals surface area contributed by atoms with E-state index in [4.69, 9.17) is 19.6 Å². The summed E-state index contributed by atoms with van der Waals surface area (Å²) in [7, 11) is 3.24. The van der Waals surface area contributed by atoms with Gasteiger partial charge in [0.2, 0.25) is 5.91 Å². The maximum absolute atomic E-state index is 16.0. The van der Waals surface area contributed by atoms with Crippen molar-refractivity contribution < 1.29 is 27.4 Å². The summed E-state index contributed by atoms with van der Waals surface area (Å²) in [5.41, 5.74) is 3.88. The molecule has 47 heavy (non-hydrogen) atoms. The van der Waals surface area contributed by atoms with Crippen molar-refractivity contribution in [1.29, 1.82) is 0 Å². The zero-order valence-electron chi connectivity index (χ0n) is 25.8. The van der Waals surface area contributed by atoms with Gasteiger partial charge in [-0.15, -0.1) is 11.3 Å². The highest BCUT2D eigenvalue weighted by molar-refractivity contribution is 7.18. The first-order chi connectivity index (χ1) is 22.7. The van der Waals surface area contributed by atoms with Gasteiger partial charge in [0.15, 0.2) is 5.82 Å². The van der Waals surface area contributed by atoms with Crippen LogP contribution in [-0.4, -0.2) is 62.0 Å². The van der Waals surface area contributed by atoms with Crippen molar-refractivity contribution in [2.75, 3.05) is 26.9 Å². The van der Waals surface area contributed by atoms with Gasteiger partial charge in [-0.2, -0.15) is 5.10 Å². The van der Waals surface area contributed by atoms with E-state index in [1.165, 1.54) is 30.7 Å². The minimum atomic E-state index is -0.828. The van der Waals surface area contributed by atoms with Crippen LogP contribution in [0.25, 0.3) is 54.9 Å². The van der Waals surface area contributed by atoms with Gasteiger partial charge in [-0.1, -0.05) is 6.58 Å². The molecule has 5 aromatic heterocycles. The molecule has 1 amide bonds. The fraction of sp³-hybridized carbons (Fsp3) is 0.235. The lowest BCUT2D eigenvalue weighted by atomic mass is 9.96. The third kappa shape index (κ3) is 5.15. The molecule has 1 aliphatic rings. The van der Waals surface area contributed by atoms with E-state index < -0.39 is 17.5 Å². The van der Waals surface area contributed by atoms with Crippen molar-refractivity contribution >= 4 is 38.4 Å². The van der Waals surface area contributed by atoms with Crippen LogP contribution in [0, 0.1) is 17.5 Å². The SMILES string of the molecule is C=CC(=O)N1CCn2nc(-c3nc(-c4cnc5c(F)cn(C)c5c4)c4ccsc4c3-c3c(F)cc(F)cc3OCCOC)cc2[C@H]1C. The molecular weight excluding hydrogens is 629 g/mol. The number of fused-ring (bicyclic) bond motifs is 3. The Balaban J connectivity index is 1.51. The van der Waals surface area contributed by atoms with Gasteiger partial charge in [-0.3, -0.25) is 14.5 Å². The Kier molecular flexibility index (Phi) is 7.80. The second kappa shape index (κ2) is 12.0. The van der Waals surface area contributed by atoms with Crippen molar-refractivity contribution in [3.63, 3.8) is 0 Å². The summed E-state index contributed by atoms with van der Waals surface area (Å²) in [6, 6.07) is 7.16. The van der Waals surface area contributed by atoms with Crippen LogP contribution >= 0.6 is 11.3 Å². The molecule has 6 heterocycles. The van der Waals surface area contributed by atoms with Gasteiger partial charge in [0.1, 0.15) is 40.9 Å². The van der Waals surface area contributed by atoms with E-state index >= 15 is 4.39 Å². The van der Waals surface area contributed by atoms with Crippen LogP contribution in [0.15, 0.2) is 60.8 Å². The maximum Gasteiger partial charge on any atom is 0.246 e. The summed E-state index contributed by atoms with van der Waals surface area (Å²) in [4.78, 5) is 23.8. The van der Waals surface area contributed by atoms with Crippen LogP contribution in [0.3, 0.4) is 0 Å². The molecule has 1 atom stereocenters. The fourth-order valence-corrected chi connectivity index (χ4v) is 7.12. The Hall–Kier alpha value is -5.01. The zero-order valence-corrected chi connectivity index (χ0v) is 26.6. The van der Waals surface area contributed by atoms with E-state index in [1.54, 1.807) is 22.7 Å². The topological polar surface area (TPSA) is 87.3 Å². The minimum Gasteiger partial charge on any atom is -0.490 e. The lowest BCUT2D eigenvalue weighted by Crippen LogP contribution is -2.40. The summed E-state index contributed by atoms with van der Waals surface area (Å²) in [6.07, 6.45) is 4.21. The molecule has 0 unspecified atom stereocenters. The first-order valence-electron chi connectivity index (χ1n) is 14.8. The normalized spacial score (nSPS) is 14.6. The lowest BCUT2D eigenvalue weighted by molar-refractivity contribution is -0.129. The number of hydrogen-bond acceptors (Lipinski definition) is 7. The van der Waals surface area contributed by atoms with Gasteiger partial charge >= 0.3 is 0 Å². The molecule has 0 radical (unpaired) electrons. The number of hydrogen-bond donors (Lipinski definition) is 0. The van der Waals surface area contributed by atoms with Crippen molar-refractivity contribution in [2.24, 2.45) is 7.05 Å². The fourth-order valence-electron chi connectivity index (χ4n) is 6.18. The average molecular weight is 659 g/mol. The first kappa shape index (κ1) is 30.6. The van der Waals surface area contributed by atoms with E-state index in [9.17, 15) is 13.6 Å². The lowest BCUT2D eigenvalue weighted by Gasteiger charge is -2.33. The van der Waals surface area contributed by atoms with Crippen LogP contribution in [0.5, 0.6) is 5.75 Å². The summed E-state index contributed by atoms with van der Waals surface area (Å²) < 4.78 is 60.3. The Morgan fingerprint density at radius 3 is 2.72 bits per heavy atom. The summed E-state index contributed by atoms with van der Waals surface area (Å²) in [5, 5.41) is 7.45. The van der Waals surface area contributed by atoms with E-state index in [2.05, 4.69) is 11.6 Å². The van der Waals surface area contributed by atoms with Gasteiger partial charge in [-0.25, -0.2) is 18.2 Å². The molecule has 0 bridgehead atoms. The number of carbonyl (C=O) groups is 1.